The third kappa shape index (κ3) is 2.44. The Morgan fingerprint density at radius 3 is 2.52 bits per heavy atom. The smallest absolute Gasteiger partial charge is 0.169 e. The molecule has 0 unspecified atom stereocenters. The lowest BCUT2D eigenvalue weighted by Gasteiger charge is -2.09. The van der Waals surface area contributed by atoms with E-state index < -0.39 is 0 Å². The molecule has 1 aliphatic carbocycles. The van der Waals surface area contributed by atoms with Crippen LogP contribution in [0.15, 0.2) is 36.8 Å². The lowest BCUT2D eigenvalue weighted by molar-refractivity contribution is 0.0968. The van der Waals surface area contributed by atoms with E-state index in [2.05, 4.69) is 15.0 Å². The third-order valence-corrected chi connectivity index (χ3v) is 4.24. The highest BCUT2D eigenvalue weighted by Crippen LogP contribution is 2.36. The Morgan fingerprint density at radius 2 is 1.83 bits per heavy atom. The number of benzene rings is 1. The first-order valence-electron chi connectivity index (χ1n) is 7.65. The van der Waals surface area contributed by atoms with Gasteiger partial charge in [-0.15, -0.1) is 0 Å². The second kappa shape index (κ2) is 5.12. The zero-order chi connectivity index (χ0) is 16.0. The van der Waals surface area contributed by atoms with E-state index >= 15 is 0 Å². The minimum absolute atomic E-state index is 0.112. The number of nitrogens with two attached hydrogens (primary N) is 1. The van der Waals surface area contributed by atoms with E-state index in [0.717, 1.165) is 40.7 Å². The van der Waals surface area contributed by atoms with E-state index in [4.69, 9.17) is 5.73 Å². The van der Waals surface area contributed by atoms with E-state index in [0.29, 0.717) is 11.3 Å². The largest absolute Gasteiger partial charge is 0.398 e. The van der Waals surface area contributed by atoms with Crippen LogP contribution in [0.1, 0.15) is 29.0 Å². The quantitative estimate of drug-likeness (QED) is 0.751. The van der Waals surface area contributed by atoms with Gasteiger partial charge in [-0.1, -0.05) is 6.07 Å². The van der Waals surface area contributed by atoms with Crippen molar-refractivity contribution < 1.29 is 4.79 Å². The van der Waals surface area contributed by atoms with Gasteiger partial charge in [0.1, 0.15) is 5.82 Å². The molecule has 0 aliphatic heterocycles. The molecule has 23 heavy (non-hydrogen) atoms. The number of rotatable bonds is 3. The highest BCUT2D eigenvalue weighted by atomic mass is 16.1. The summed E-state index contributed by atoms with van der Waals surface area (Å²) < 4.78 is 0. The van der Waals surface area contributed by atoms with Crippen LogP contribution in [-0.2, 0) is 0 Å². The van der Waals surface area contributed by atoms with Gasteiger partial charge in [-0.25, -0.2) is 9.97 Å². The van der Waals surface area contributed by atoms with Gasteiger partial charge in [0.15, 0.2) is 5.78 Å². The summed E-state index contributed by atoms with van der Waals surface area (Å²) in [5.41, 5.74) is 9.98. The number of nitrogens with zero attached hydrogens (tertiary/aromatic N) is 3. The van der Waals surface area contributed by atoms with Crippen LogP contribution >= 0.6 is 0 Å². The van der Waals surface area contributed by atoms with E-state index in [-0.39, 0.29) is 11.7 Å². The maximum atomic E-state index is 12.3. The van der Waals surface area contributed by atoms with Crippen LogP contribution in [0.4, 0.5) is 5.69 Å². The fourth-order valence-electron chi connectivity index (χ4n) is 2.70. The van der Waals surface area contributed by atoms with E-state index in [1.807, 2.05) is 25.1 Å². The van der Waals surface area contributed by atoms with Gasteiger partial charge in [-0.05, 0) is 37.5 Å². The third-order valence-electron chi connectivity index (χ3n) is 4.24. The Kier molecular flexibility index (Phi) is 3.08. The molecule has 1 fully saturated rings. The Balaban J connectivity index is 1.84. The molecule has 4 rings (SSSR count). The van der Waals surface area contributed by atoms with Gasteiger partial charge in [0.2, 0.25) is 0 Å². The monoisotopic (exact) mass is 304 g/mol. The van der Waals surface area contributed by atoms with Gasteiger partial charge in [-0.2, -0.15) is 0 Å². The Bertz CT molecular complexity index is 914. The van der Waals surface area contributed by atoms with Crippen molar-refractivity contribution in [1.82, 2.24) is 15.0 Å². The molecular weight excluding hydrogens is 288 g/mol. The predicted octanol–water partition coefficient (Wildman–Crippen LogP) is 3.18. The van der Waals surface area contributed by atoms with E-state index in [1.54, 1.807) is 18.6 Å². The summed E-state index contributed by atoms with van der Waals surface area (Å²) in [7, 11) is 0. The summed E-state index contributed by atoms with van der Waals surface area (Å²) in [4.78, 5) is 25.2. The second-order valence-corrected chi connectivity index (χ2v) is 5.97. The van der Waals surface area contributed by atoms with Crippen molar-refractivity contribution in [3.8, 4) is 11.1 Å². The number of aromatic nitrogens is 3. The molecule has 3 aromatic rings. The summed E-state index contributed by atoms with van der Waals surface area (Å²) in [6.07, 6.45) is 7.08. The fourth-order valence-corrected chi connectivity index (χ4v) is 2.70. The summed E-state index contributed by atoms with van der Waals surface area (Å²) >= 11 is 0. The molecule has 2 N–H and O–H groups in total. The molecule has 0 amide bonds. The fraction of sp³-hybridized carbons (Fsp3) is 0.222. The van der Waals surface area contributed by atoms with E-state index in [1.165, 1.54) is 0 Å². The topological polar surface area (TPSA) is 81.8 Å². The molecule has 1 aliphatic rings. The van der Waals surface area contributed by atoms with Crippen LogP contribution in [-0.4, -0.2) is 20.7 Å². The molecular formula is C18H16N4O. The zero-order valence-electron chi connectivity index (χ0n) is 12.8. The van der Waals surface area contributed by atoms with Crippen molar-refractivity contribution >= 4 is 22.4 Å². The molecule has 2 heterocycles. The minimum atomic E-state index is 0.112. The molecule has 114 valence electrons. The molecule has 1 saturated carbocycles. The van der Waals surface area contributed by atoms with Crippen molar-refractivity contribution in [2.45, 2.75) is 19.8 Å². The van der Waals surface area contributed by atoms with Gasteiger partial charge >= 0.3 is 0 Å². The number of hydrogen-bond acceptors (Lipinski definition) is 5. The maximum Gasteiger partial charge on any atom is 0.169 e. The standard InChI is InChI=1S/C18H16N4O/c1-10-20-7-13(8-21-10)12-4-5-16-14(6-12)17(19)15(9-22-16)18(23)11-2-3-11/h4-9,11H,2-3H2,1H3,(H2,19,22). The van der Waals surface area contributed by atoms with Crippen LogP contribution < -0.4 is 5.73 Å². The first kappa shape index (κ1) is 13.8. The number of hydrogen-bond donors (Lipinski definition) is 1. The summed E-state index contributed by atoms with van der Waals surface area (Å²) in [5, 5.41) is 0.801. The van der Waals surface area contributed by atoms with Gasteiger partial charge in [0.25, 0.3) is 0 Å². The SMILES string of the molecule is Cc1ncc(-c2ccc3ncc(C(=O)C4CC4)c(N)c3c2)cn1. The van der Waals surface area contributed by atoms with Gasteiger partial charge < -0.3 is 5.73 Å². The summed E-state index contributed by atoms with van der Waals surface area (Å²) in [6, 6.07) is 5.83. The molecule has 0 radical (unpaired) electrons. The number of nitrogen functional groups attached to an aromatic ring is 1. The molecule has 1 aromatic carbocycles. The number of Topliss-reactive ketones (excluding diaryl/α,β-unsaturated/α-hetero) is 1. The summed E-state index contributed by atoms with van der Waals surface area (Å²) in [5.74, 6) is 0.972. The average molecular weight is 304 g/mol. The van der Waals surface area contributed by atoms with E-state index in [9.17, 15) is 4.79 Å². The first-order valence-corrected chi connectivity index (χ1v) is 7.65. The van der Waals surface area contributed by atoms with Crippen LogP contribution in [0.3, 0.4) is 0 Å². The Labute approximate surface area is 133 Å². The normalized spacial score (nSPS) is 14.1. The molecule has 5 heteroatoms. The van der Waals surface area contributed by atoms with Gasteiger partial charge in [-0.3, -0.25) is 9.78 Å². The Morgan fingerprint density at radius 1 is 1.09 bits per heavy atom. The number of carbonyl (C=O) groups excluding carboxylic acids is 1. The number of ketones is 1. The van der Waals surface area contributed by atoms with Crippen LogP contribution in [0.5, 0.6) is 0 Å². The van der Waals surface area contributed by atoms with Crippen molar-refractivity contribution in [2.24, 2.45) is 5.92 Å². The van der Waals surface area contributed by atoms with Crippen molar-refractivity contribution in [1.29, 1.82) is 0 Å². The van der Waals surface area contributed by atoms with Crippen molar-refractivity contribution in [3.05, 3.63) is 48.2 Å². The molecule has 0 saturated heterocycles. The molecule has 2 aromatic heterocycles. The average Bonchev–Trinajstić information content (AvgIpc) is 3.40. The maximum absolute atomic E-state index is 12.3. The molecule has 5 nitrogen and oxygen atoms in total. The number of pyridine rings is 1. The van der Waals surface area contributed by atoms with Crippen molar-refractivity contribution in [3.63, 3.8) is 0 Å². The zero-order valence-corrected chi connectivity index (χ0v) is 12.8. The highest BCUT2D eigenvalue weighted by Gasteiger charge is 2.32. The number of fused-ring (bicyclic) bond motifs is 1. The number of aryl methyl sites for hydroxylation is 1. The molecule has 0 spiro atoms. The predicted molar refractivity (Wildman–Crippen MR) is 89.0 cm³/mol. The minimum Gasteiger partial charge on any atom is -0.398 e. The van der Waals surface area contributed by atoms with Crippen LogP contribution in [0, 0.1) is 12.8 Å². The Hall–Kier alpha value is -2.82. The molecule has 0 bridgehead atoms. The summed E-state index contributed by atoms with van der Waals surface area (Å²) in [6.45, 7) is 1.85. The molecule has 0 atom stereocenters. The van der Waals surface area contributed by atoms with Crippen LogP contribution in [0.25, 0.3) is 22.0 Å². The van der Waals surface area contributed by atoms with Gasteiger partial charge in [0.05, 0.1) is 16.8 Å². The lowest BCUT2D eigenvalue weighted by atomic mass is 10.0. The first-order chi connectivity index (χ1) is 11.1. The van der Waals surface area contributed by atoms with Crippen LogP contribution in [0.2, 0.25) is 0 Å². The highest BCUT2D eigenvalue weighted by molar-refractivity contribution is 6.09. The lowest BCUT2D eigenvalue weighted by Crippen LogP contribution is -2.07. The second-order valence-electron chi connectivity index (χ2n) is 5.97. The van der Waals surface area contributed by atoms with Gasteiger partial charge in [0, 0.05) is 35.5 Å². The van der Waals surface area contributed by atoms with Crippen molar-refractivity contribution in [2.75, 3.05) is 5.73 Å². The number of carbonyl (C=O) groups is 1. The number of anilines is 1.